The van der Waals surface area contributed by atoms with E-state index in [1.807, 2.05) is 6.20 Å². The third-order valence-corrected chi connectivity index (χ3v) is 3.21. The summed E-state index contributed by atoms with van der Waals surface area (Å²) in [5, 5.41) is 3.52. The van der Waals surface area contributed by atoms with Crippen molar-refractivity contribution < 1.29 is 0 Å². The maximum Gasteiger partial charge on any atom is 0.128 e. The first-order valence-electron chi connectivity index (χ1n) is 6.20. The third-order valence-electron chi connectivity index (χ3n) is 3.21. The Morgan fingerprint density at radius 3 is 2.81 bits per heavy atom. The molecule has 0 spiro atoms. The van der Waals surface area contributed by atoms with Gasteiger partial charge in [-0.25, -0.2) is 4.98 Å². The Morgan fingerprint density at radius 2 is 2.19 bits per heavy atom. The van der Waals surface area contributed by atoms with Gasteiger partial charge in [-0.2, -0.15) is 0 Å². The van der Waals surface area contributed by atoms with Gasteiger partial charge in [0.2, 0.25) is 0 Å². The first-order valence-corrected chi connectivity index (χ1v) is 6.20. The summed E-state index contributed by atoms with van der Waals surface area (Å²) >= 11 is 0. The van der Waals surface area contributed by atoms with Crippen molar-refractivity contribution in [1.82, 2.24) is 10.3 Å². The average Bonchev–Trinajstić information content (AvgIpc) is 2.30. The summed E-state index contributed by atoms with van der Waals surface area (Å²) in [6, 6.07) is 4.92. The topological polar surface area (TPSA) is 28.2 Å². The van der Waals surface area contributed by atoms with Gasteiger partial charge >= 0.3 is 0 Å². The van der Waals surface area contributed by atoms with Crippen LogP contribution in [0.15, 0.2) is 18.3 Å². The molecule has 0 radical (unpaired) electrons. The molecule has 0 aliphatic carbocycles. The number of anilines is 1. The van der Waals surface area contributed by atoms with Crippen molar-refractivity contribution in [2.45, 2.75) is 32.7 Å². The summed E-state index contributed by atoms with van der Waals surface area (Å²) in [6.45, 7) is 7.61. The van der Waals surface area contributed by atoms with Crippen LogP contribution >= 0.6 is 0 Å². The molecular formula is C13H21N3. The Bertz CT molecular complexity index is 330. The normalized spacial score (nSPS) is 17.8. The highest BCUT2D eigenvalue weighted by Crippen LogP contribution is 2.18. The van der Waals surface area contributed by atoms with Crippen molar-refractivity contribution in [1.29, 1.82) is 0 Å². The molecule has 1 N–H and O–H groups in total. The van der Waals surface area contributed by atoms with Gasteiger partial charge in [0.05, 0.1) is 0 Å². The van der Waals surface area contributed by atoms with Crippen LogP contribution in [0, 0.1) is 6.92 Å². The summed E-state index contributed by atoms with van der Waals surface area (Å²) < 4.78 is 0. The fourth-order valence-electron chi connectivity index (χ4n) is 2.29. The molecule has 0 amide bonds. The number of rotatable bonds is 3. The lowest BCUT2D eigenvalue weighted by molar-refractivity contribution is 0.422. The van der Waals surface area contributed by atoms with E-state index in [2.05, 4.69) is 41.2 Å². The highest BCUT2D eigenvalue weighted by Gasteiger charge is 2.18. The van der Waals surface area contributed by atoms with Crippen molar-refractivity contribution in [3.63, 3.8) is 0 Å². The zero-order valence-electron chi connectivity index (χ0n) is 10.2. The number of aryl methyl sites for hydroxylation is 1. The second-order valence-electron chi connectivity index (χ2n) is 4.51. The second kappa shape index (κ2) is 5.30. The van der Waals surface area contributed by atoms with E-state index >= 15 is 0 Å². The Kier molecular flexibility index (Phi) is 3.78. The highest BCUT2D eigenvalue weighted by molar-refractivity contribution is 5.41. The van der Waals surface area contributed by atoms with Crippen molar-refractivity contribution in [2.24, 2.45) is 0 Å². The quantitative estimate of drug-likeness (QED) is 0.842. The zero-order valence-corrected chi connectivity index (χ0v) is 10.2. The van der Waals surface area contributed by atoms with Gasteiger partial charge in [-0.1, -0.05) is 6.92 Å². The molecule has 0 saturated carbocycles. The van der Waals surface area contributed by atoms with E-state index in [4.69, 9.17) is 0 Å². The Labute approximate surface area is 97.9 Å². The fraction of sp³-hybridized carbons (Fsp3) is 0.615. The summed E-state index contributed by atoms with van der Waals surface area (Å²) in [5.74, 6) is 1.13. The minimum Gasteiger partial charge on any atom is -0.356 e. The molecule has 1 saturated heterocycles. The van der Waals surface area contributed by atoms with E-state index in [-0.39, 0.29) is 0 Å². The molecule has 3 heteroatoms. The van der Waals surface area contributed by atoms with Crippen molar-refractivity contribution in [2.75, 3.05) is 24.5 Å². The van der Waals surface area contributed by atoms with Crippen LogP contribution < -0.4 is 10.2 Å². The van der Waals surface area contributed by atoms with Crippen LogP contribution in [-0.4, -0.2) is 30.7 Å². The van der Waals surface area contributed by atoms with Crippen LogP contribution in [0.25, 0.3) is 0 Å². The molecule has 0 aromatic carbocycles. The number of hydrogen-bond acceptors (Lipinski definition) is 3. The molecule has 0 unspecified atom stereocenters. The summed E-state index contributed by atoms with van der Waals surface area (Å²) in [5.41, 5.74) is 1.29. The first-order chi connectivity index (χ1) is 7.79. The van der Waals surface area contributed by atoms with Crippen molar-refractivity contribution >= 4 is 5.82 Å². The molecule has 3 nitrogen and oxygen atoms in total. The number of piperidine rings is 1. The van der Waals surface area contributed by atoms with Gasteiger partial charge in [0.15, 0.2) is 0 Å². The van der Waals surface area contributed by atoms with Gasteiger partial charge in [0.25, 0.3) is 0 Å². The Balaban J connectivity index is 1.94. The van der Waals surface area contributed by atoms with Crippen LogP contribution in [0.5, 0.6) is 0 Å². The van der Waals surface area contributed by atoms with Crippen molar-refractivity contribution in [3.05, 3.63) is 23.9 Å². The van der Waals surface area contributed by atoms with Crippen molar-refractivity contribution in [3.8, 4) is 0 Å². The Hall–Kier alpha value is -1.09. The minimum atomic E-state index is 0.700. The molecule has 1 aromatic rings. The molecule has 0 bridgehead atoms. The van der Waals surface area contributed by atoms with Gasteiger partial charge in [0.1, 0.15) is 5.82 Å². The molecule has 2 rings (SSSR count). The number of aromatic nitrogens is 1. The van der Waals surface area contributed by atoms with E-state index in [1.54, 1.807) is 0 Å². The van der Waals surface area contributed by atoms with Crippen LogP contribution in [0.1, 0.15) is 25.3 Å². The van der Waals surface area contributed by atoms with E-state index in [1.165, 1.54) is 18.4 Å². The molecule has 1 aliphatic rings. The summed E-state index contributed by atoms with van der Waals surface area (Å²) in [7, 11) is 0. The average molecular weight is 219 g/mol. The maximum atomic E-state index is 4.44. The Morgan fingerprint density at radius 1 is 1.44 bits per heavy atom. The fourth-order valence-corrected chi connectivity index (χ4v) is 2.29. The lowest BCUT2D eigenvalue weighted by Crippen LogP contribution is -2.42. The number of pyridine rings is 1. The summed E-state index contributed by atoms with van der Waals surface area (Å²) in [4.78, 5) is 6.83. The van der Waals surface area contributed by atoms with Crippen LogP contribution in [-0.2, 0) is 0 Å². The van der Waals surface area contributed by atoms with E-state index in [0.717, 1.165) is 25.5 Å². The smallest absolute Gasteiger partial charge is 0.128 e. The summed E-state index contributed by atoms with van der Waals surface area (Å²) in [6.07, 6.45) is 4.36. The number of nitrogens with zero attached hydrogens (tertiary/aromatic N) is 2. The molecule has 16 heavy (non-hydrogen) atoms. The number of hydrogen-bond donors (Lipinski definition) is 1. The van der Waals surface area contributed by atoms with E-state index in [9.17, 15) is 0 Å². The predicted octanol–water partition coefficient (Wildman–Crippen LogP) is 1.97. The van der Waals surface area contributed by atoms with Gasteiger partial charge in [0, 0.05) is 25.3 Å². The molecule has 88 valence electrons. The van der Waals surface area contributed by atoms with Crippen LogP contribution in [0.4, 0.5) is 5.82 Å². The predicted molar refractivity (Wildman–Crippen MR) is 67.9 cm³/mol. The maximum absolute atomic E-state index is 4.44. The monoisotopic (exact) mass is 219 g/mol. The minimum absolute atomic E-state index is 0.700. The first kappa shape index (κ1) is 11.4. The van der Waals surface area contributed by atoms with Gasteiger partial charge < -0.3 is 10.2 Å². The lowest BCUT2D eigenvalue weighted by Gasteiger charge is -2.33. The van der Waals surface area contributed by atoms with E-state index < -0.39 is 0 Å². The SMILES string of the molecule is CCNC1CCN(c2cc(C)ccn2)CC1. The van der Waals surface area contributed by atoms with Gasteiger partial charge in [-0.05, 0) is 44.0 Å². The highest BCUT2D eigenvalue weighted by atomic mass is 15.2. The lowest BCUT2D eigenvalue weighted by atomic mass is 10.1. The van der Waals surface area contributed by atoms with Gasteiger partial charge in [-0.15, -0.1) is 0 Å². The molecule has 2 heterocycles. The largest absolute Gasteiger partial charge is 0.356 e. The standard InChI is InChI=1S/C13H21N3/c1-3-14-12-5-8-16(9-6-12)13-10-11(2)4-7-15-13/h4,7,10,12,14H,3,5-6,8-9H2,1-2H3. The van der Waals surface area contributed by atoms with Crippen LogP contribution in [0.3, 0.4) is 0 Å². The second-order valence-corrected chi connectivity index (χ2v) is 4.51. The zero-order chi connectivity index (χ0) is 11.4. The van der Waals surface area contributed by atoms with Crippen LogP contribution in [0.2, 0.25) is 0 Å². The molecular weight excluding hydrogens is 198 g/mol. The third kappa shape index (κ3) is 2.73. The molecule has 1 aromatic heterocycles. The molecule has 1 aliphatic heterocycles. The molecule has 0 atom stereocenters. The number of nitrogens with one attached hydrogen (secondary N) is 1. The van der Waals surface area contributed by atoms with Gasteiger partial charge in [-0.3, -0.25) is 0 Å². The molecule has 1 fully saturated rings. The van der Waals surface area contributed by atoms with E-state index in [0.29, 0.717) is 6.04 Å².